The van der Waals surface area contributed by atoms with E-state index in [-0.39, 0.29) is 11.9 Å². The van der Waals surface area contributed by atoms with Crippen molar-refractivity contribution >= 4 is 17.5 Å². The summed E-state index contributed by atoms with van der Waals surface area (Å²) in [7, 11) is 0. The van der Waals surface area contributed by atoms with Crippen LogP contribution >= 0.6 is 11.6 Å². The number of aryl methyl sites for hydroxylation is 1. The molecule has 0 radical (unpaired) electrons. The predicted octanol–water partition coefficient (Wildman–Crippen LogP) is 4.15. The van der Waals surface area contributed by atoms with Crippen molar-refractivity contribution in [2.45, 2.75) is 39.3 Å². The van der Waals surface area contributed by atoms with Gasteiger partial charge in [0.05, 0.1) is 0 Å². The maximum absolute atomic E-state index is 12.7. The summed E-state index contributed by atoms with van der Waals surface area (Å²) >= 11 is 6.05. The van der Waals surface area contributed by atoms with Crippen LogP contribution < -0.4 is 0 Å². The van der Waals surface area contributed by atoms with E-state index in [1.807, 2.05) is 61.2 Å². The molecule has 0 aliphatic carbocycles. The molecule has 0 bridgehead atoms. The number of carbonyl (C=O) groups is 1. The third-order valence-corrected chi connectivity index (χ3v) is 4.34. The molecular weight excluding hydrogens is 364 g/mol. The number of rotatable bonds is 7. The molecule has 2 heterocycles. The minimum absolute atomic E-state index is 0.0301. The van der Waals surface area contributed by atoms with Gasteiger partial charge in [0.1, 0.15) is 5.69 Å². The summed E-state index contributed by atoms with van der Waals surface area (Å²) < 4.78 is 5.25. The molecule has 27 heavy (non-hydrogen) atoms. The van der Waals surface area contributed by atoms with Crippen molar-refractivity contribution in [1.29, 1.82) is 0 Å². The van der Waals surface area contributed by atoms with E-state index in [4.69, 9.17) is 16.1 Å². The molecule has 0 fully saturated rings. The molecule has 0 unspecified atom stereocenters. The standard InChI is InChI=1S/C20H21ClN4O2/c1-14(2)25(13-15-6-5-7-16(21)12-15)19(26)10-9-18-23-20(24-27-18)17-8-3-4-11-22-17/h3-8,11-12,14H,9-10,13H2,1-2H3. The van der Waals surface area contributed by atoms with Crippen LogP contribution in [-0.2, 0) is 17.8 Å². The van der Waals surface area contributed by atoms with E-state index in [1.54, 1.807) is 6.20 Å². The minimum Gasteiger partial charge on any atom is -0.339 e. The summed E-state index contributed by atoms with van der Waals surface area (Å²) in [6.45, 7) is 4.50. The molecule has 7 heteroatoms. The van der Waals surface area contributed by atoms with Gasteiger partial charge < -0.3 is 9.42 Å². The van der Waals surface area contributed by atoms with Crippen LogP contribution in [0.25, 0.3) is 11.5 Å². The maximum Gasteiger partial charge on any atom is 0.227 e. The largest absolute Gasteiger partial charge is 0.339 e. The summed E-state index contributed by atoms with van der Waals surface area (Å²) in [6, 6.07) is 13.1. The second kappa shape index (κ2) is 8.77. The van der Waals surface area contributed by atoms with Crippen molar-refractivity contribution in [3.8, 4) is 11.5 Å². The molecule has 0 spiro atoms. The highest BCUT2D eigenvalue weighted by Crippen LogP contribution is 2.17. The van der Waals surface area contributed by atoms with Gasteiger partial charge in [0, 0.05) is 36.6 Å². The average molecular weight is 385 g/mol. The second-order valence-electron chi connectivity index (χ2n) is 6.47. The first-order valence-electron chi connectivity index (χ1n) is 8.81. The Kier molecular flexibility index (Phi) is 6.19. The van der Waals surface area contributed by atoms with E-state index < -0.39 is 0 Å². The van der Waals surface area contributed by atoms with Crippen LogP contribution in [0.2, 0.25) is 5.02 Å². The van der Waals surface area contributed by atoms with E-state index in [2.05, 4.69) is 15.1 Å². The summed E-state index contributed by atoms with van der Waals surface area (Å²) in [5.41, 5.74) is 1.64. The van der Waals surface area contributed by atoms with Crippen LogP contribution in [0.5, 0.6) is 0 Å². The molecule has 3 rings (SSSR count). The van der Waals surface area contributed by atoms with Crippen LogP contribution in [0.15, 0.2) is 53.2 Å². The van der Waals surface area contributed by atoms with Crippen LogP contribution in [0.1, 0.15) is 31.7 Å². The van der Waals surface area contributed by atoms with Gasteiger partial charge in [-0.15, -0.1) is 0 Å². The first-order valence-corrected chi connectivity index (χ1v) is 9.18. The van der Waals surface area contributed by atoms with E-state index in [0.717, 1.165) is 5.56 Å². The maximum atomic E-state index is 12.7. The lowest BCUT2D eigenvalue weighted by Crippen LogP contribution is -2.36. The molecule has 0 atom stereocenters. The molecule has 3 aromatic rings. The number of nitrogens with zero attached hydrogens (tertiary/aromatic N) is 4. The van der Waals surface area contributed by atoms with Crippen molar-refractivity contribution in [2.24, 2.45) is 0 Å². The first kappa shape index (κ1) is 19.0. The number of hydrogen-bond acceptors (Lipinski definition) is 5. The topological polar surface area (TPSA) is 72.1 Å². The van der Waals surface area contributed by atoms with Crippen molar-refractivity contribution in [2.75, 3.05) is 0 Å². The Hall–Kier alpha value is -2.73. The SMILES string of the molecule is CC(C)N(Cc1cccc(Cl)c1)C(=O)CCc1nc(-c2ccccn2)no1. The van der Waals surface area contributed by atoms with Gasteiger partial charge in [-0.05, 0) is 43.7 Å². The van der Waals surface area contributed by atoms with Gasteiger partial charge in [-0.3, -0.25) is 9.78 Å². The van der Waals surface area contributed by atoms with Gasteiger partial charge in [0.2, 0.25) is 17.6 Å². The zero-order chi connectivity index (χ0) is 19.2. The Morgan fingerprint density at radius 3 is 2.78 bits per heavy atom. The van der Waals surface area contributed by atoms with Crippen LogP contribution in [0.3, 0.4) is 0 Å². The molecule has 0 aliphatic rings. The quantitative estimate of drug-likeness (QED) is 0.611. The van der Waals surface area contributed by atoms with Crippen molar-refractivity contribution in [3.05, 3.63) is 65.1 Å². The Labute approximate surface area is 163 Å². The Balaban J connectivity index is 1.62. The molecule has 2 aromatic heterocycles. The average Bonchev–Trinajstić information content (AvgIpc) is 3.14. The van der Waals surface area contributed by atoms with Crippen molar-refractivity contribution < 1.29 is 9.32 Å². The van der Waals surface area contributed by atoms with Gasteiger partial charge >= 0.3 is 0 Å². The number of aromatic nitrogens is 3. The van der Waals surface area contributed by atoms with Gasteiger partial charge in [-0.25, -0.2) is 0 Å². The third-order valence-electron chi connectivity index (χ3n) is 4.10. The predicted molar refractivity (Wildman–Crippen MR) is 103 cm³/mol. The lowest BCUT2D eigenvalue weighted by molar-refractivity contribution is -0.133. The summed E-state index contributed by atoms with van der Waals surface area (Å²) in [6.07, 6.45) is 2.35. The van der Waals surface area contributed by atoms with Crippen LogP contribution in [0, 0.1) is 0 Å². The molecule has 140 valence electrons. The molecule has 6 nitrogen and oxygen atoms in total. The van der Waals surface area contributed by atoms with Crippen LogP contribution in [0.4, 0.5) is 0 Å². The highest BCUT2D eigenvalue weighted by atomic mass is 35.5. The summed E-state index contributed by atoms with van der Waals surface area (Å²) in [4.78, 5) is 23.1. The van der Waals surface area contributed by atoms with Gasteiger partial charge in [-0.1, -0.05) is 35.0 Å². The van der Waals surface area contributed by atoms with E-state index in [0.29, 0.717) is 41.8 Å². The minimum atomic E-state index is 0.0301. The monoisotopic (exact) mass is 384 g/mol. The highest BCUT2D eigenvalue weighted by molar-refractivity contribution is 6.30. The normalized spacial score (nSPS) is 11.0. The van der Waals surface area contributed by atoms with E-state index >= 15 is 0 Å². The highest BCUT2D eigenvalue weighted by Gasteiger charge is 2.19. The van der Waals surface area contributed by atoms with Gasteiger partial charge in [0.25, 0.3) is 0 Å². The molecule has 1 aromatic carbocycles. The second-order valence-corrected chi connectivity index (χ2v) is 6.91. The molecule has 0 saturated carbocycles. The lowest BCUT2D eigenvalue weighted by atomic mass is 10.1. The zero-order valence-electron chi connectivity index (χ0n) is 15.3. The Morgan fingerprint density at radius 2 is 2.07 bits per heavy atom. The number of amides is 1. The fraction of sp³-hybridized carbons (Fsp3) is 0.300. The molecule has 0 aliphatic heterocycles. The van der Waals surface area contributed by atoms with Gasteiger partial charge in [0.15, 0.2) is 0 Å². The zero-order valence-corrected chi connectivity index (χ0v) is 16.1. The Morgan fingerprint density at radius 1 is 1.22 bits per heavy atom. The van der Waals surface area contributed by atoms with Crippen molar-refractivity contribution in [3.63, 3.8) is 0 Å². The van der Waals surface area contributed by atoms with Crippen molar-refractivity contribution in [1.82, 2.24) is 20.0 Å². The molecule has 0 N–H and O–H groups in total. The number of hydrogen-bond donors (Lipinski definition) is 0. The van der Waals surface area contributed by atoms with E-state index in [9.17, 15) is 4.79 Å². The Bertz CT molecular complexity index is 896. The summed E-state index contributed by atoms with van der Waals surface area (Å²) in [5, 5.41) is 4.60. The molecule has 0 saturated heterocycles. The fourth-order valence-electron chi connectivity index (χ4n) is 2.70. The smallest absolute Gasteiger partial charge is 0.227 e. The number of carbonyl (C=O) groups excluding carboxylic acids is 1. The number of pyridine rings is 1. The fourth-order valence-corrected chi connectivity index (χ4v) is 2.92. The third kappa shape index (κ3) is 5.14. The van der Waals surface area contributed by atoms with E-state index in [1.165, 1.54) is 0 Å². The summed E-state index contributed by atoms with van der Waals surface area (Å²) in [5.74, 6) is 0.885. The molecular formula is C20H21ClN4O2. The molecule has 1 amide bonds. The number of halogens is 1. The van der Waals surface area contributed by atoms with Gasteiger partial charge in [-0.2, -0.15) is 4.98 Å². The lowest BCUT2D eigenvalue weighted by Gasteiger charge is -2.27. The number of benzene rings is 1. The first-order chi connectivity index (χ1) is 13.0. The van der Waals surface area contributed by atoms with Crippen LogP contribution in [-0.4, -0.2) is 32.0 Å².